The molecule has 92 valence electrons. The van der Waals surface area contributed by atoms with Gasteiger partial charge in [0.15, 0.2) is 0 Å². The molecule has 1 heterocycles. The standard InChI is InChI=1S/C8H4F3NO3S2/c9-8(10,11)16-4-1-2-5-6(3-4)17(14,15)12-7(5)13/h1-3H,(H,12,13). The summed E-state index contributed by atoms with van der Waals surface area (Å²) >= 11 is -0.435. The Labute approximate surface area is 98.2 Å². The molecule has 1 aromatic rings. The number of carbonyl (C=O) groups is 1. The van der Waals surface area contributed by atoms with Crippen molar-refractivity contribution in [3.8, 4) is 0 Å². The van der Waals surface area contributed by atoms with E-state index in [-0.39, 0.29) is 10.5 Å². The Balaban J connectivity index is 2.49. The maximum atomic E-state index is 12.1. The molecule has 1 aromatic carbocycles. The van der Waals surface area contributed by atoms with Gasteiger partial charge in [-0.2, -0.15) is 13.2 Å². The van der Waals surface area contributed by atoms with Gasteiger partial charge in [0, 0.05) is 4.90 Å². The number of nitrogens with one attached hydrogen (secondary N) is 1. The maximum Gasteiger partial charge on any atom is 0.446 e. The van der Waals surface area contributed by atoms with Gasteiger partial charge in [0.1, 0.15) is 4.90 Å². The average molecular weight is 283 g/mol. The largest absolute Gasteiger partial charge is 0.446 e. The van der Waals surface area contributed by atoms with E-state index in [1.165, 1.54) is 0 Å². The highest BCUT2D eigenvalue weighted by atomic mass is 32.2. The Morgan fingerprint density at radius 1 is 1.24 bits per heavy atom. The zero-order valence-electron chi connectivity index (χ0n) is 7.91. The van der Waals surface area contributed by atoms with Gasteiger partial charge in [-0.25, -0.2) is 13.1 Å². The summed E-state index contributed by atoms with van der Waals surface area (Å²) in [6, 6.07) is 2.95. The third-order valence-corrected chi connectivity index (χ3v) is 4.04. The van der Waals surface area contributed by atoms with E-state index in [9.17, 15) is 26.4 Å². The minimum absolute atomic E-state index is 0.142. The van der Waals surface area contributed by atoms with Crippen molar-refractivity contribution in [3.63, 3.8) is 0 Å². The first-order valence-corrected chi connectivity index (χ1v) is 6.46. The quantitative estimate of drug-likeness (QED) is 0.797. The second-order valence-electron chi connectivity index (χ2n) is 3.14. The van der Waals surface area contributed by atoms with Crippen LogP contribution in [0, 0.1) is 0 Å². The topological polar surface area (TPSA) is 63.2 Å². The summed E-state index contributed by atoms with van der Waals surface area (Å²) in [7, 11) is -4.01. The van der Waals surface area contributed by atoms with E-state index >= 15 is 0 Å². The number of alkyl halides is 3. The molecule has 0 aliphatic carbocycles. The van der Waals surface area contributed by atoms with Crippen molar-refractivity contribution in [3.05, 3.63) is 23.8 Å². The van der Waals surface area contributed by atoms with Gasteiger partial charge in [0.2, 0.25) is 0 Å². The number of sulfonamides is 1. The molecule has 1 amide bonds. The van der Waals surface area contributed by atoms with Gasteiger partial charge >= 0.3 is 5.51 Å². The minimum Gasteiger partial charge on any atom is -0.268 e. The molecule has 2 rings (SSSR count). The fourth-order valence-electron chi connectivity index (χ4n) is 1.34. The lowest BCUT2D eigenvalue weighted by atomic mass is 10.2. The molecule has 0 saturated heterocycles. The fourth-order valence-corrected chi connectivity index (χ4v) is 3.19. The van der Waals surface area contributed by atoms with E-state index in [4.69, 9.17) is 0 Å². The highest BCUT2D eigenvalue weighted by Crippen LogP contribution is 2.38. The van der Waals surface area contributed by atoms with Crippen molar-refractivity contribution in [2.24, 2.45) is 0 Å². The van der Waals surface area contributed by atoms with Crippen molar-refractivity contribution in [2.75, 3.05) is 0 Å². The smallest absolute Gasteiger partial charge is 0.268 e. The lowest BCUT2D eigenvalue weighted by Gasteiger charge is -2.05. The van der Waals surface area contributed by atoms with Crippen molar-refractivity contribution in [2.45, 2.75) is 15.3 Å². The van der Waals surface area contributed by atoms with Crippen LogP contribution in [-0.4, -0.2) is 19.8 Å². The van der Waals surface area contributed by atoms with Crippen molar-refractivity contribution in [1.82, 2.24) is 4.72 Å². The lowest BCUT2D eigenvalue weighted by molar-refractivity contribution is -0.0328. The summed E-state index contributed by atoms with van der Waals surface area (Å²) in [5, 5.41) is 0. The number of hydrogen-bond donors (Lipinski definition) is 1. The van der Waals surface area contributed by atoms with Gasteiger partial charge in [0.25, 0.3) is 15.9 Å². The highest BCUT2D eigenvalue weighted by molar-refractivity contribution is 8.00. The highest BCUT2D eigenvalue weighted by Gasteiger charge is 2.35. The third kappa shape index (κ3) is 2.39. The number of halogens is 3. The Kier molecular flexibility index (Phi) is 2.62. The summed E-state index contributed by atoms with van der Waals surface area (Å²) in [4.78, 5) is 10.5. The SMILES string of the molecule is O=C1NS(=O)(=O)c2cc(SC(F)(F)F)ccc21. The molecule has 0 radical (unpaired) electrons. The zero-order valence-corrected chi connectivity index (χ0v) is 9.54. The van der Waals surface area contributed by atoms with E-state index in [0.717, 1.165) is 18.2 Å². The molecule has 0 saturated carbocycles. The van der Waals surface area contributed by atoms with Crippen LogP contribution in [0.2, 0.25) is 0 Å². The number of thioether (sulfide) groups is 1. The molecular weight excluding hydrogens is 279 g/mol. The van der Waals surface area contributed by atoms with Crippen LogP contribution in [0.15, 0.2) is 28.0 Å². The van der Waals surface area contributed by atoms with Crippen LogP contribution < -0.4 is 4.72 Å². The van der Waals surface area contributed by atoms with Gasteiger partial charge in [-0.1, -0.05) is 0 Å². The normalized spacial score (nSPS) is 17.7. The molecule has 1 aliphatic heterocycles. The van der Waals surface area contributed by atoms with E-state index in [2.05, 4.69) is 0 Å². The van der Waals surface area contributed by atoms with Crippen molar-refractivity contribution in [1.29, 1.82) is 0 Å². The second kappa shape index (κ2) is 3.64. The van der Waals surface area contributed by atoms with E-state index < -0.39 is 38.1 Å². The second-order valence-corrected chi connectivity index (χ2v) is 5.93. The summed E-state index contributed by atoms with van der Waals surface area (Å²) < 4.78 is 60.7. The van der Waals surface area contributed by atoms with Crippen LogP contribution in [-0.2, 0) is 10.0 Å². The Morgan fingerprint density at radius 3 is 2.47 bits per heavy atom. The molecule has 0 aromatic heterocycles. The molecule has 0 atom stereocenters. The maximum absolute atomic E-state index is 12.1. The number of fused-ring (bicyclic) bond motifs is 1. The summed E-state index contributed by atoms with van der Waals surface area (Å²) in [5.41, 5.74) is -4.65. The van der Waals surface area contributed by atoms with Crippen LogP contribution in [0.5, 0.6) is 0 Å². The first-order valence-electron chi connectivity index (χ1n) is 4.16. The Morgan fingerprint density at radius 2 is 1.88 bits per heavy atom. The molecule has 1 N–H and O–H groups in total. The molecule has 0 fully saturated rings. The van der Waals surface area contributed by atoms with Crippen LogP contribution in [0.4, 0.5) is 13.2 Å². The summed E-state index contributed by atoms with van der Waals surface area (Å²) in [6.07, 6.45) is 0. The monoisotopic (exact) mass is 283 g/mol. The van der Waals surface area contributed by atoms with Crippen molar-refractivity contribution >= 4 is 27.7 Å². The van der Waals surface area contributed by atoms with Crippen LogP contribution in [0.1, 0.15) is 10.4 Å². The van der Waals surface area contributed by atoms with E-state index in [0.29, 0.717) is 0 Å². The number of hydrogen-bond acceptors (Lipinski definition) is 4. The Bertz CT molecular complexity index is 595. The molecule has 17 heavy (non-hydrogen) atoms. The van der Waals surface area contributed by atoms with Crippen LogP contribution in [0.3, 0.4) is 0 Å². The molecule has 1 aliphatic rings. The van der Waals surface area contributed by atoms with Gasteiger partial charge in [-0.3, -0.25) is 4.79 Å². The van der Waals surface area contributed by atoms with Gasteiger partial charge in [-0.05, 0) is 30.0 Å². The first kappa shape index (κ1) is 12.2. The average Bonchev–Trinajstić information content (AvgIpc) is 2.34. The van der Waals surface area contributed by atoms with Crippen molar-refractivity contribution < 1.29 is 26.4 Å². The number of carbonyl (C=O) groups excluding carboxylic acids is 1. The number of rotatable bonds is 1. The minimum atomic E-state index is -4.51. The lowest BCUT2D eigenvalue weighted by Crippen LogP contribution is -2.20. The number of benzene rings is 1. The molecule has 0 unspecified atom stereocenters. The Hall–Kier alpha value is -1.22. The van der Waals surface area contributed by atoms with E-state index in [1.54, 1.807) is 4.72 Å². The first-order chi connectivity index (χ1) is 7.69. The third-order valence-electron chi connectivity index (χ3n) is 1.95. The zero-order chi connectivity index (χ0) is 12.8. The van der Waals surface area contributed by atoms with Gasteiger partial charge in [0.05, 0.1) is 5.56 Å². The predicted octanol–water partition coefficient (Wildman–Crippen LogP) is 1.73. The molecule has 0 bridgehead atoms. The van der Waals surface area contributed by atoms with E-state index in [1.807, 2.05) is 0 Å². The summed E-state index contributed by atoms with van der Waals surface area (Å²) in [6.45, 7) is 0. The fraction of sp³-hybridized carbons (Fsp3) is 0.125. The van der Waals surface area contributed by atoms with Gasteiger partial charge < -0.3 is 0 Å². The molecule has 4 nitrogen and oxygen atoms in total. The molecular formula is C8H4F3NO3S2. The van der Waals surface area contributed by atoms with Gasteiger partial charge in [-0.15, -0.1) is 0 Å². The predicted molar refractivity (Wildman–Crippen MR) is 53.0 cm³/mol. The molecule has 9 heteroatoms. The van der Waals surface area contributed by atoms with Crippen LogP contribution in [0.25, 0.3) is 0 Å². The summed E-state index contributed by atoms with van der Waals surface area (Å²) in [5.74, 6) is -0.830. The number of amides is 1. The molecule has 0 spiro atoms. The van der Waals surface area contributed by atoms with Crippen LogP contribution >= 0.6 is 11.8 Å².